The van der Waals surface area contributed by atoms with Gasteiger partial charge in [-0.15, -0.1) is 0 Å². The first-order valence-corrected chi connectivity index (χ1v) is 10.1. The molecule has 0 aromatic heterocycles. The second-order valence-electron chi connectivity index (χ2n) is 7.36. The van der Waals surface area contributed by atoms with Crippen molar-refractivity contribution in [2.24, 2.45) is 0 Å². The average Bonchev–Trinajstić information content (AvgIpc) is 2.43. The Labute approximate surface area is 140 Å². The summed E-state index contributed by atoms with van der Waals surface area (Å²) in [5.74, 6) is 0.346. The van der Waals surface area contributed by atoms with Crippen molar-refractivity contribution in [2.45, 2.75) is 65.1 Å². The van der Waals surface area contributed by atoms with Crippen LogP contribution in [0.5, 0.6) is 0 Å². The standard InChI is InChI=1S/C16H31NO5S/c1-6-23(19,20)13-7-12-21-16(5)8-10-17(11-9-16)14(18)22-15(2,3)4/h6-13H2,1-5H3. The second-order valence-corrected chi connectivity index (χ2v) is 9.83. The second kappa shape index (κ2) is 7.83. The van der Waals surface area contributed by atoms with E-state index < -0.39 is 15.4 Å². The number of piperidine rings is 1. The van der Waals surface area contributed by atoms with Crippen molar-refractivity contribution >= 4 is 15.9 Å². The van der Waals surface area contributed by atoms with E-state index in [1.54, 1.807) is 11.8 Å². The van der Waals surface area contributed by atoms with E-state index in [9.17, 15) is 13.2 Å². The van der Waals surface area contributed by atoms with Gasteiger partial charge in [0.05, 0.1) is 11.4 Å². The molecule has 1 fully saturated rings. The highest BCUT2D eigenvalue weighted by molar-refractivity contribution is 7.91. The van der Waals surface area contributed by atoms with Crippen LogP contribution in [0.2, 0.25) is 0 Å². The smallest absolute Gasteiger partial charge is 0.410 e. The van der Waals surface area contributed by atoms with Gasteiger partial charge in [0.2, 0.25) is 0 Å². The maximum atomic E-state index is 12.0. The number of hydrogen-bond donors (Lipinski definition) is 0. The van der Waals surface area contributed by atoms with Gasteiger partial charge in [-0.3, -0.25) is 0 Å². The van der Waals surface area contributed by atoms with Crippen molar-refractivity contribution in [1.82, 2.24) is 4.90 Å². The van der Waals surface area contributed by atoms with Gasteiger partial charge in [0.1, 0.15) is 15.4 Å². The van der Waals surface area contributed by atoms with E-state index in [0.29, 0.717) is 26.1 Å². The van der Waals surface area contributed by atoms with Gasteiger partial charge in [0.25, 0.3) is 0 Å². The first-order valence-electron chi connectivity index (χ1n) is 8.29. The van der Waals surface area contributed by atoms with Crippen LogP contribution in [0, 0.1) is 0 Å². The molecular weight excluding hydrogens is 318 g/mol. The van der Waals surface area contributed by atoms with Crippen LogP contribution in [0.25, 0.3) is 0 Å². The third kappa shape index (κ3) is 7.52. The first-order chi connectivity index (χ1) is 10.5. The molecule has 0 radical (unpaired) electrons. The zero-order valence-electron chi connectivity index (χ0n) is 15.1. The van der Waals surface area contributed by atoms with Crippen molar-refractivity contribution in [3.8, 4) is 0 Å². The molecule has 1 heterocycles. The Morgan fingerprint density at radius 2 is 1.78 bits per heavy atom. The third-order valence-corrected chi connectivity index (χ3v) is 5.75. The van der Waals surface area contributed by atoms with Gasteiger partial charge in [-0.2, -0.15) is 0 Å². The molecule has 23 heavy (non-hydrogen) atoms. The highest BCUT2D eigenvalue weighted by atomic mass is 32.2. The third-order valence-electron chi connectivity index (χ3n) is 3.96. The van der Waals surface area contributed by atoms with Gasteiger partial charge in [-0.25, -0.2) is 13.2 Å². The lowest BCUT2D eigenvalue weighted by Crippen LogP contribution is -2.48. The Balaban J connectivity index is 2.35. The number of sulfone groups is 1. The largest absolute Gasteiger partial charge is 0.444 e. The van der Waals surface area contributed by atoms with E-state index in [4.69, 9.17) is 9.47 Å². The molecule has 0 bridgehead atoms. The van der Waals surface area contributed by atoms with Crippen molar-refractivity contribution in [3.05, 3.63) is 0 Å². The fourth-order valence-electron chi connectivity index (χ4n) is 2.37. The molecule has 1 amide bonds. The van der Waals surface area contributed by atoms with E-state index in [1.165, 1.54) is 0 Å². The lowest BCUT2D eigenvalue weighted by Gasteiger charge is -2.39. The number of carbonyl (C=O) groups is 1. The molecule has 0 unspecified atom stereocenters. The number of hydrogen-bond acceptors (Lipinski definition) is 5. The molecule has 1 saturated heterocycles. The van der Waals surface area contributed by atoms with Gasteiger partial charge in [0.15, 0.2) is 0 Å². The van der Waals surface area contributed by atoms with E-state index in [0.717, 1.165) is 12.8 Å². The van der Waals surface area contributed by atoms with E-state index in [1.807, 2.05) is 27.7 Å². The molecule has 0 saturated carbocycles. The average molecular weight is 349 g/mol. The van der Waals surface area contributed by atoms with Crippen LogP contribution < -0.4 is 0 Å². The molecule has 0 aliphatic carbocycles. The summed E-state index contributed by atoms with van der Waals surface area (Å²) in [4.78, 5) is 13.7. The molecule has 6 nitrogen and oxygen atoms in total. The Kier molecular flexibility index (Phi) is 6.89. The van der Waals surface area contributed by atoms with Crippen LogP contribution in [0.4, 0.5) is 4.79 Å². The highest BCUT2D eigenvalue weighted by Crippen LogP contribution is 2.27. The lowest BCUT2D eigenvalue weighted by atomic mass is 9.93. The normalized spacial score (nSPS) is 18.7. The lowest BCUT2D eigenvalue weighted by molar-refractivity contribution is -0.0720. The summed E-state index contributed by atoms with van der Waals surface area (Å²) in [7, 11) is -2.93. The monoisotopic (exact) mass is 349 g/mol. The summed E-state index contributed by atoms with van der Waals surface area (Å²) in [6.07, 6.45) is 1.69. The minimum atomic E-state index is -2.93. The molecule has 0 aromatic rings. The predicted molar refractivity (Wildman–Crippen MR) is 90.3 cm³/mol. The topological polar surface area (TPSA) is 72.9 Å². The number of nitrogens with zero attached hydrogens (tertiary/aromatic N) is 1. The fourth-order valence-corrected chi connectivity index (χ4v) is 3.22. The zero-order valence-corrected chi connectivity index (χ0v) is 15.9. The molecule has 0 N–H and O–H groups in total. The molecule has 0 aromatic carbocycles. The Hall–Kier alpha value is -0.820. The van der Waals surface area contributed by atoms with Crippen LogP contribution in [0.15, 0.2) is 0 Å². The SMILES string of the molecule is CCS(=O)(=O)CCCOC1(C)CCN(C(=O)OC(C)(C)C)CC1. The van der Waals surface area contributed by atoms with Gasteiger partial charge in [-0.1, -0.05) is 6.92 Å². The van der Waals surface area contributed by atoms with E-state index >= 15 is 0 Å². The maximum absolute atomic E-state index is 12.0. The van der Waals surface area contributed by atoms with Gasteiger partial charge >= 0.3 is 6.09 Å². The number of carbonyl (C=O) groups excluding carboxylic acids is 1. The highest BCUT2D eigenvalue weighted by Gasteiger charge is 2.34. The summed E-state index contributed by atoms with van der Waals surface area (Å²) >= 11 is 0. The Bertz CT molecular complexity index is 487. The molecule has 7 heteroatoms. The number of ether oxygens (including phenoxy) is 2. The minimum absolute atomic E-state index is 0.170. The number of amides is 1. The van der Waals surface area contributed by atoms with Gasteiger partial charge in [-0.05, 0) is 47.0 Å². The Morgan fingerprint density at radius 1 is 1.22 bits per heavy atom. The van der Waals surface area contributed by atoms with E-state index in [-0.39, 0.29) is 23.2 Å². The zero-order chi connectivity index (χ0) is 17.7. The summed E-state index contributed by atoms with van der Waals surface area (Å²) < 4.78 is 34.2. The molecule has 0 atom stereocenters. The predicted octanol–water partition coefficient (Wildman–Crippen LogP) is 2.62. The van der Waals surface area contributed by atoms with Crippen molar-refractivity contribution in [2.75, 3.05) is 31.2 Å². The van der Waals surface area contributed by atoms with Gasteiger partial charge < -0.3 is 14.4 Å². The summed E-state index contributed by atoms with van der Waals surface area (Å²) in [5.41, 5.74) is -0.784. The van der Waals surface area contributed by atoms with Crippen LogP contribution >= 0.6 is 0 Å². The van der Waals surface area contributed by atoms with Crippen LogP contribution in [-0.4, -0.2) is 61.8 Å². The van der Waals surface area contributed by atoms with Crippen LogP contribution in [0.1, 0.15) is 53.9 Å². The van der Waals surface area contributed by atoms with Gasteiger partial charge in [0, 0.05) is 25.4 Å². The molecular formula is C16H31NO5S. The first kappa shape index (κ1) is 20.2. The summed E-state index contributed by atoms with van der Waals surface area (Å²) in [6.45, 7) is 10.9. The number of likely N-dealkylation sites (tertiary alicyclic amines) is 1. The molecule has 1 rings (SSSR count). The van der Waals surface area contributed by atoms with Crippen molar-refractivity contribution < 1.29 is 22.7 Å². The molecule has 0 spiro atoms. The Morgan fingerprint density at radius 3 is 2.26 bits per heavy atom. The minimum Gasteiger partial charge on any atom is -0.444 e. The summed E-state index contributed by atoms with van der Waals surface area (Å²) in [5, 5.41) is 0. The number of rotatable bonds is 6. The summed E-state index contributed by atoms with van der Waals surface area (Å²) in [6, 6.07) is 0. The quantitative estimate of drug-likeness (QED) is 0.689. The van der Waals surface area contributed by atoms with Crippen molar-refractivity contribution in [1.29, 1.82) is 0 Å². The maximum Gasteiger partial charge on any atom is 0.410 e. The molecule has 1 aliphatic heterocycles. The molecule has 1 aliphatic rings. The fraction of sp³-hybridized carbons (Fsp3) is 0.938. The van der Waals surface area contributed by atoms with Crippen LogP contribution in [-0.2, 0) is 19.3 Å². The van der Waals surface area contributed by atoms with Crippen molar-refractivity contribution in [3.63, 3.8) is 0 Å². The van der Waals surface area contributed by atoms with Crippen LogP contribution in [0.3, 0.4) is 0 Å². The van der Waals surface area contributed by atoms with E-state index in [2.05, 4.69) is 0 Å². The molecule has 136 valence electrons.